The molecule has 8 nitrogen and oxygen atoms in total. The van der Waals surface area contributed by atoms with Crippen molar-refractivity contribution in [2.45, 2.75) is 19.3 Å². The number of amides is 2. The molecule has 1 aromatic carbocycles. The van der Waals surface area contributed by atoms with Crippen molar-refractivity contribution >= 4 is 28.6 Å². The average molecular weight is 316 g/mol. The van der Waals surface area contributed by atoms with E-state index in [4.69, 9.17) is 4.42 Å². The maximum Gasteiger partial charge on any atom is 0.419 e. The van der Waals surface area contributed by atoms with Crippen molar-refractivity contribution in [2.75, 3.05) is 6.54 Å². The zero-order valence-corrected chi connectivity index (χ0v) is 12.6. The molecule has 2 aromatic rings. The van der Waals surface area contributed by atoms with Gasteiger partial charge in [-0.05, 0) is 24.1 Å². The first-order chi connectivity index (χ1) is 11.0. The molecule has 120 valence electrons. The number of aromatic nitrogens is 1. The number of aryl methyl sites for hydroxylation is 1. The maximum absolute atomic E-state index is 11.9. The molecule has 0 fully saturated rings. The number of hydrazone groups is 1. The van der Waals surface area contributed by atoms with Crippen molar-refractivity contribution in [3.05, 3.63) is 34.3 Å². The first-order valence-corrected chi connectivity index (χ1v) is 7.26. The summed E-state index contributed by atoms with van der Waals surface area (Å²) in [7, 11) is 1.65. The van der Waals surface area contributed by atoms with Crippen LogP contribution in [-0.2, 0) is 23.1 Å². The van der Waals surface area contributed by atoms with E-state index in [1.807, 2.05) is 12.1 Å². The molecule has 8 heteroatoms. The summed E-state index contributed by atoms with van der Waals surface area (Å²) in [5, 5.41) is 6.50. The fourth-order valence-electron chi connectivity index (χ4n) is 2.39. The lowest BCUT2D eigenvalue weighted by Crippen LogP contribution is -2.37. The topological polar surface area (TPSA) is 106 Å². The summed E-state index contributed by atoms with van der Waals surface area (Å²) < 4.78 is 6.57. The molecule has 0 atom stereocenters. The minimum atomic E-state index is -0.400. The molecule has 23 heavy (non-hydrogen) atoms. The third-order valence-corrected chi connectivity index (χ3v) is 3.72. The van der Waals surface area contributed by atoms with Crippen molar-refractivity contribution in [3.8, 4) is 0 Å². The van der Waals surface area contributed by atoms with Crippen LogP contribution in [0.4, 0.5) is 0 Å². The zero-order chi connectivity index (χ0) is 16.4. The number of carbonyl (C=O) groups excluding carboxylic acids is 2. The van der Waals surface area contributed by atoms with Crippen LogP contribution in [0.15, 0.2) is 32.5 Å². The normalized spacial score (nSPS) is 14.5. The third-order valence-electron chi connectivity index (χ3n) is 3.72. The van der Waals surface area contributed by atoms with Gasteiger partial charge in [-0.1, -0.05) is 6.07 Å². The Bertz CT molecular complexity index is 862. The first-order valence-electron chi connectivity index (χ1n) is 7.26. The van der Waals surface area contributed by atoms with Gasteiger partial charge in [0.2, 0.25) is 5.91 Å². The van der Waals surface area contributed by atoms with Gasteiger partial charge in [0.25, 0.3) is 5.91 Å². The van der Waals surface area contributed by atoms with Gasteiger partial charge in [-0.3, -0.25) is 14.2 Å². The Labute approximate surface area is 131 Å². The van der Waals surface area contributed by atoms with E-state index in [9.17, 15) is 14.4 Å². The standard InChI is InChI=1S/C15H16N4O4/c1-19-11-4-2-9(8-12(11)23-15(19)22)6-7-16-14(21)10-3-5-13(20)18-17-10/h2,4,8H,3,5-7H2,1H3,(H,16,21)(H,18,20). The van der Waals surface area contributed by atoms with Crippen LogP contribution in [0.2, 0.25) is 0 Å². The molecular weight excluding hydrogens is 300 g/mol. The number of nitrogens with one attached hydrogen (secondary N) is 2. The second-order valence-corrected chi connectivity index (χ2v) is 5.33. The van der Waals surface area contributed by atoms with E-state index in [0.29, 0.717) is 30.7 Å². The number of rotatable bonds is 4. The van der Waals surface area contributed by atoms with Gasteiger partial charge in [-0.15, -0.1) is 0 Å². The number of carbonyl (C=O) groups is 2. The summed E-state index contributed by atoms with van der Waals surface area (Å²) >= 11 is 0. The molecule has 3 rings (SSSR count). The van der Waals surface area contributed by atoms with E-state index >= 15 is 0 Å². The van der Waals surface area contributed by atoms with Crippen LogP contribution in [0, 0.1) is 0 Å². The Morgan fingerprint density at radius 1 is 1.39 bits per heavy atom. The molecule has 0 spiro atoms. The maximum atomic E-state index is 11.9. The Kier molecular flexibility index (Phi) is 3.96. The van der Waals surface area contributed by atoms with Gasteiger partial charge >= 0.3 is 5.76 Å². The second-order valence-electron chi connectivity index (χ2n) is 5.33. The Morgan fingerprint density at radius 3 is 2.96 bits per heavy atom. The molecule has 1 aromatic heterocycles. The molecule has 0 saturated heterocycles. The minimum Gasteiger partial charge on any atom is -0.408 e. The van der Waals surface area contributed by atoms with Gasteiger partial charge in [0.05, 0.1) is 5.52 Å². The lowest BCUT2D eigenvalue weighted by atomic mass is 10.1. The fourth-order valence-corrected chi connectivity index (χ4v) is 2.39. The first kappa shape index (κ1) is 15.0. The Hall–Kier alpha value is -2.90. The smallest absolute Gasteiger partial charge is 0.408 e. The number of hydrogen-bond acceptors (Lipinski definition) is 5. The van der Waals surface area contributed by atoms with Crippen LogP contribution < -0.4 is 16.5 Å². The molecule has 0 unspecified atom stereocenters. The molecule has 2 N–H and O–H groups in total. The largest absolute Gasteiger partial charge is 0.419 e. The minimum absolute atomic E-state index is 0.181. The van der Waals surface area contributed by atoms with Gasteiger partial charge < -0.3 is 9.73 Å². The molecule has 2 amide bonds. The van der Waals surface area contributed by atoms with E-state index in [0.717, 1.165) is 11.1 Å². The van der Waals surface area contributed by atoms with Gasteiger partial charge in [-0.25, -0.2) is 10.2 Å². The SMILES string of the molecule is Cn1c(=O)oc2cc(CCNC(=O)C3=NNC(=O)CC3)ccc21. The van der Waals surface area contributed by atoms with Crippen molar-refractivity contribution in [2.24, 2.45) is 12.1 Å². The van der Waals surface area contributed by atoms with E-state index in [-0.39, 0.29) is 18.2 Å². The highest BCUT2D eigenvalue weighted by atomic mass is 16.4. The number of oxazole rings is 1. The molecule has 1 aliphatic heterocycles. The fraction of sp³-hybridized carbons (Fsp3) is 0.333. The van der Waals surface area contributed by atoms with Crippen LogP contribution in [0.5, 0.6) is 0 Å². The van der Waals surface area contributed by atoms with Gasteiger partial charge in [0.15, 0.2) is 5.58 Å². The lowest BCUT2D eigenvalue weighted by Gasteiger charge is -2.11. The highest BCUT2D eigenvalue weighted by molar-refractivity contribution is 6.39. The van der Waals surface area contributed by atoms with Crippen molar-refractivity contribution < 1.29 is 14.0 Å². The summed E-state index contributed by atoms with van der Waals surface area (Å²) in [5.41, 5.74) is 4.83. The summed E-state index contributed by atoms with van der Waals surface area (Å²) in [6, 6.07) is 5.50. The second kappa shape index (κ2) is 6.07. The number of benzene rings is 1. The Balaban J connectivity index is 1.59. The van der Waals surface area contributed by atoms with Gasteiger partial charge in [-0.2, -0.15) is 5.10 Å². The molecule has 0 aliphatic carbocycles. The number of nitrogens with zero attached hydrogens (tertiary/aromatic N) is 2. The quantitative estimate of drug-likeness (QED) is 0.831. The van der Waals surface area contributed by atoms with Crippen LogP contribution in [-0.4, -0.2) is 28.6 Å². The van der Waals surface area contributed by atoms with Crippen molar-refractivity contribution in [1.82, 2.24) is 15.3 Å². The molecular formula is C15H16N4O4. The van der Waals surface area contributed by atoms with Crippen LogP contribution in [0.25, 0.3) is 11.1 Å². The predicted octanol–water partition coefficient (Wildman–Crippen LogP) is 0.0562. The summed E-state index contributed by atoms with van der Waals surface area (Å²) in [6.45, 7) is 0.425. The van der Waals surface area contributed by atoms with Crippen LogP contribution >= 0.6 is 0 Å². The lowest BCUT2D eigenvalue weighted by molar-refractivity contribution is -0.121. The monoisotopic (exact) mass is 316 g/mol. The molecule has 2 heterocycles. The van der Waals surface area contributed by atoms with Crippen LogP contribution in [0.1, 0.15) is 18.4 Å². The summed E-state index contributed by atoms with van der Waals surface area (Å²) in [5.74, 6) is -0.862. The predicted molar refractivity (Wildman–Crippen MR) is 83.0 cm³/mol. The van der Waals surface area contributed by atoms with E-state index in [1.165, 1.54) is 4.57 Å². The molecule has 0 radical (unpaired) electrons. The number of hydrogen-bond donors (Lipinski definition) is 2. The van der Waals surface area contributed by atoms with Gasteiger partial charge in [0, 0.05) is 26.4 Å². The number of fused-ring (bicyclic) bond motifs is 1. The summed E-state index contributed by atoms with van der Waals surface area (Å²) in [4.78, 5) is 34.3. The third kappa shape index (κ3) is 3.15. The highest BCUT2D eigenvalue weighted by Crippen LogP contribution is 2.14. The molecule has 0 bridgehead atoms. The average Bonchev–Trinajstić information content (AvgIpc) is 2.82. The van der Waals surface area contributed by atoms with Gasteiger partial charge in [0.1, 0.15) is 5.71 Å². The Morgan fingerprint density at radius 2 is 2.22 bits per heavy atom. The van der Waals surface area contributed by atoms with Crippen molar-refractivity contribution in [1.29, 1.82) is 0 Å². The van der Waals surface area contributed by atoms with Crippen molar-refractivity contribution in [3.63, 3.8) is 0 Å². The van der Waals surface area contributed by atoms with Crippen LogP contribution in [0.3, 0.4) is 0 Å². The molecule has 1 aliphatic rings. The van der Waals surface area contributed by atoms with E-state index in [1.54, 1.807) is 13.1 Å². The molecule has 0 saturated carbocycles. The van der Waals surface area contributed by atoms with E-state index < -0.39 is 5.76 Å². The summed E-state index contributed by atoms with van der Waals surface area (Å²) in [6.07, 6.45) is 1.22. The zero-order valence-electron chi connectivity index (χ0n) is 12.6. The highest BCUT2D eigenvalue weighted by Gasteiger charge is 2.17. The van der Waals surface area contributed by atoms with E-state index in [2.05, 4.69) is 15.8 Å².